The average molecular weight is 359 g/mol. The molecule has 1 aromatic carbocycles. The molecule has 0 saturated carbocycles. The Morgan fingerprint density at radius 2 is 2.00 bits per heavy atom. The highest BCUT2D eigenvalue weighted by Crippen LogP contribution is 2.30. The van der Waals surface area contributed by atoms with Gasteiger partial charge in [0.1, 0.15) is 30.3 Å². The smallest absolute Gasteiger partial charge is 0.334 e. The summed E-state index contributed by atoms with van der Waals surface area (Å²) in [7, 11) is 0. The van der Waals surface area contributed by atoms with Crippen molar-refractivity contribution in [1.82, 2.24) is 9.13 Å². The lowest BCUT2D eigenvalue weighted by Gasteiger charge is -2.10. The molecule has 0 radical (unpaired) electrons. The zero-order valence-corrected chi connectivity index (χ0v) is 14.0. The summed E-state index contributed by atoms with van der Waals surface area (Å²) in [5.41, 5.74) is -1.33. The first kappa shape index (κ1) is 18.1. The molecule has 6 nitrogen and oxygen atoms in total. The first-order chi connectivity index (χ1) is 12.0. The second kappa shape index (κ2) is 7.57. The standard InChI is InChI=1S/C17H12ClFN4O2/c1-3-5-22-14(9-20)15(10-21)23(17(22)24)13-8-16(25-6-4-2)11(18)7-12(13)19/h2,7-8H,3,5-6H2,1H3. The number of terminal acetylenes is 1. The molecule has 1 heterocycles. The van der Waals surface area contributed by atoms with Crippen LogP contribution >= 0.6 is 11.6 Å². The molecule has 1 aromatic heterocycles. The quantitative estimate of drug-likeness (QED) is 0.769. The molecule has 0 saturated heterocycles. The fraction of sp³-hybridized carbons (Fsp3) is 0.235. The molecule has 0 spiro atoms. The Bertz CT molecular complexity index is 1000. The maximum Gasteiger partial charge on any atom is 0.334 e. The number of imidazole rings is 1. The first-order valence-corrected chi connectivity index (χ1v) is 7.59. The average Bonchev–Trinajstić information content (AvgIpc) is 2.86. The molecule has 0 bridgehead atoms. The highest BCUT2D eigenvalue weighted by molar-refractivity contribution is 6.32. The molecule has 2 aromatic rings. The molecule has 0 fully saturated rings. The number of hydrogen-bond acceptors (Lipinski definition) is 4. The predicted octanol–water partition coefficient (Wildman–Crippen LogP) is 2.60. The number of aromatic nitrogens is 2. The van der Waals surface area contributed by atoms with E-state index in [2.05, 4.69) is 5.92 Å². The molecule has 0 amide bonds. The summed E-state index contributed by atoms with van der Waals surface area (Å²) in [4.78, 5) is 12.6. The van der Waals surface area contributed by atoms with Gasteiger partial charge in [-0.2, -0.15) is 10.5 Å². The van der Waals surface area contributed by atoms with Crippen molar-refractivity contribution in [2.75, 3.05) is 6.61 Å². The van der Waals surface area contributed by atoms with Gasteiger partial charge in [0.05, 0.1) is 10.7 Å². The van der Waals surface area contributed by atoms with Crippen LogP contribution in [-0.2, 0) is 6.54 Å². The van der Waals surface area contributed by atoms with Crippen molar-refractivity contribution >= 4 is 11.6 Å². The normalized spacial score (nSPS) is 9.92. The molecular weight excluding hydrogens is 347 g/mol. The summed E-state index contributed by atoms with van der Waals surface area (Å²) in [6, 6.07) is 5.74. The van der Waals surface area contributed by atoms with E-state index in [1.807, 2.05) is 13.0 Å². The largest absolute Gasteiger partial charge is 0.479 e. The minimum atomic E-state index is -0.838. The van der Waals surface area contributed by atoms with E-state index in [0.717, 1.165) is 15.2 Å². The van der Waals surface area contributed by atoms with Gasteiger partial charge in [0.25, 0.3) is 0 Å². The third-order valence-corrected chi connectivity index (χ3v) is 3.65. The third kappa shape index (κ3) is 3.21. The van der Waals surface area contributed by atoms with Crippen LogP contribution in [0.4, 0.5) is 4.39 Å². The van der Waals surface area contributed by atoms with E-state index in [1.165, 1.54) is 6.07 Å². The van der Waals surface area contributed by atoms with Gasteiger partial charge in [0, 0.05) is 12.6 Å². The van der Waals surface area contributed by atoms with E-state index in [9.17, 15) is 19.7 Å². The minimum Gasteiger partial charge on any atom is -0.479 e. The van der Waals surface area contributed by atoms with Crippen molar-refractivity contribution in [2.24, 2.45) is 0 Å². The topological polar surface area (TPSA) is 83.7 Å². The lowest BCUT2D eigenvalue weighted by atomic mass is 10.2. The van der Waals surface area contributed by atoms with Crippen molar-refractivity contribution in [3.63, 3.8) is 0 Å². The fourth-order valence-electron chi connectivity index (χ4n) is 2.34. The Morgan fingerprint density at radius 1 is 1.32 bits per heavy atom. The molecule has 0 aliphatic rings. The zero-order valence-electron chi connectivity index (χ0n) is 13.2. The lowest BCUT2D eigenvalue weighted by Crippen LogP contribution is -2.25. The predicted molar refractivity (Wildman–Crippen MR) is 89.0 cm³/mol. The number of halogens is 2. The fourth-order valence-corrected chi connectivity index (χ4v) is 2.54. The van der Waals surface area contributed by atoms with E-state index in [1.54, 1.807) is 6.07 Å². The zero-order chi connectivity index (χ0) is 18.6. The second-order valence-electron chi connectivity index (χ2n) is 4.92. The van der Waals surface area contributed by atoms with Crippen LogP contribution in [0, 0.1) is 40.8 Å². The van der Waals surface area contributed by atoms with Crippen LogP contribution in [0.2, 0.25) is 5.02 Å². The molecule has 0 aliphatic carbocycles. The van der Waals surface area contributed by atoms with Gasteiger partial charge in [-0.15, -0.1) is 6.42 Å². The molecule has 2 rings (SSSR count). The Morgan fingerprint density at radius 3 is 2.56 bits per heavy atom. The summed E-state index contributed by atoms with van der Waals surface area (Å²) in [5, 5.41) is 18.6. The number of hydrogen-bond donors (Lipinski definition) is 0. The van der Waals surface area contributed by atoms with Crippen molar-refractivity contribution in [3.05, 3.63) is 44.8 Å². The highest BCUT2D eigenvalue weighted by Gasteiger charge is 2.23. The number of ether oxygens (including phenoxy) is 1. The Labute approximate surface area is 148 Å². The van der Waals surface area contributed by atoms with Crippen LogP contribution in [0.5, 0.6) is 5.75 Å². The van der Waals surface area contributed by atoms with Gasteiger partial charge >= 0.3 is 5.69 Å². The molecule has 0 aliphatic heterocycles. The van der Waals surface area contributed by atoms with E-state index in [0.29, 0.717) is 6.42 Å². The van der Waals surface area contributed by atoms with E-state index in [4.69, 9.17) is 22.8 Å². The molecule has 0 N–H and O–H groups in total. The maximum atomic E-state index is 14.4. The van der Waals surface area contributed by atoms with E-state index in [-0.39, 0.29) is 41.0 Å². The summed E-state index contributed by atoms with van der Waals surface area (Å²) in [5.74, 6) is 1.47. The molecule has 8 heteroatoms. The van der Waals surface area contributed by atoms with Crippen LogP contribution in [0.3, 0.4) is 0 Å². The molecule has 126 valence electrons. The molecule has 25 heavy (non-hydrogen) atoms. The van der Waals surface area contributed by atoms with Gasteiger partial charge in [-0.25, -0.2) is 13.8 Å². The summed E-state index contributed by atoms with van der Waals surface area (Å²) in [6.07, 6.45) is 5.68. The SMILES string of the molecule is C#CCOc1cc(-n2c(C#N)c(C#N)n(CCC)c2=O)c(F)cc1Cl. The first-order valence-electron chi connectivity index (χ1n) is 7.21. The number of benzene rings is 1. The van der Waals surface area contributed by atoms with Crippen molar-refractivity contribution in [3.8, 4) is 35.9 Å². The minimum absolute atomic E-state index is 0.0310. The van der Waals surface area contributed by atoms with Gasteiger partial charge in [-0.1, -0.05) is 24.4 Å². The van der Waals surface area contributed by atoms with Crippen LogP contribution in [0.15, 0.2) is 16.9 Å². The maximum absolute atomic E-state index is 14.4. The van der Waals surface area contributed by atoms with Crippen molar-refractivity contribution in [1.29, 1.82) is 10.5 Å². The second-order valence-corrected chi connectivity index (χ2v) is 5.32. The van der Waals surface area contributed by atoms with Crippen LogP contribution < -0.4 is 10.4 Å². The highest BCUT2D eigenvalue weighted by atomic mass is 35.5. The summed E-state index contributed by atoms with van der Waals surface area (Å²) >= 11 is 5.91. The van der Waals surface area contributed by atoms with Gasteiger partial charge < -0.3 is 4.74 Å². The molecule has 0 unspecified atom stereocenters. The molecular formula is C17H12ClFN4O2. The van der Waals surface area contributed by atoms with Crippen molar-refractivity contribution in [2.45, 2.75) is 19.9 Å². The van der Waals surface area contributed by atoms with E-state index < -0.39 is 11.5 Å². The molecule has 0 atom stereocenters. The summed E-state index contributed by atoms with van der Waals surface area (Å²) < 4.78 is 21.6. The van der Waals surface area contributed by atoms with Crippen LogP contribution in [0.25, 0.3) is 5.69 Å². The number of nitriles is 2. The Hall–Kier alpha value is -3.21. The summed E-state index contributed by atoms with van der Waals surface area (Å²) in [6.45, 7) is 1.93. The number of rotatable bonds is 5. The Kier molecular flexibility index (Phi) is 5.49. The van der Waals surface area contributed by atoms with Crippen LogP contribution in [-0.4, -0.2) is 15.7 Å². The van der Waals surface area contributed by atoms with Crippen molar-refractivity contribution < 1.29 is 9.13 Å². The number of nitrogens with zero attached hydrogens (tertiary/aromatic N) is 4. The Balaban J connectivity index is 2.79. The lowest BCUT2D eigenvalue weighted by molar-refractivity contribution is 0.369. The van der Waals surface area contributed by atoms with Gasteiger partial charge in [-0.05, 0) is 12.5 Å². The van der Waals surface area contributed by atoms with Crippen LogP contribution in [0.1, 0.15) is 24.7 Å². The van der Waals surface area contributed by atoms with Gasteiger partial charge in [0.15, 0.2) is 11.4 Å². The van der Waals surface area contributed by atoms with Gasteiger partial charge in [0.2, 0.25) is 0 Å². The van der Waals surface area contributed by atoms with Gasteiger partial charge in [-0.3, -0.25) is 4.57 Å². The monoisotopic (exact) mass is 358 g/mol. The third-order valence-electron chi connectivity index (χ3n) is 3.35. The van der Waals surface area contributed by atoms with E-state index >= 15 is 0 Å².